The zero-order valence-electron chi connectivity index (χ0n) is 14.9. The highest BCUT2D eigenvalue weighted by Gasteiger charge is 2.38. The smallest absolute Gasteiger partial charge is 0.329 e. The number of carbonyl (C=O) groups excluding carboxylic acids is 1. The minimum atomic E-state index is -4.48. The van der Waals surface area contributed by atoms with Crippen LogP contribution in [-0.4, -0.2) is 39.9 Å². The van der Waals surface area contributed by atoms with Gasteiger partial charge in [0.1, 0.15) is 6.54 Å². The fraction of sp³-hybridized carbons (Fsp3) is 0.200. The van der Waals surface area contributed by atoms with Crippen LogP contribution in [0.25, 0.3) is 16.9 Å². The highest BCUT2D eigenvalue weighted by atomic mass is 35.5. The second kappa shape index (κ2) is 7.39. The van der Waals surface area contributed by atoms with Crippen molar-refractivity contribution in [1.29, 1.82) is 0 Å². The summed E-state index contributed by atoms with van der Waals surface area (Å²) in [6, 6.07) is 13.6. The van der Waals surface area contributed by atoms with Gasteiger partial charge in [0.15, 0.2) is 0 Å². The molecular weight excluding hydrogens is 426 g/mol. The SMILES string of the molecule is O=C1c2c(nn(-c3cccc(Cl)c3)c2-c2ccc(Cl)cc2)CCN1CC(F)(F)F. The number of nitrogens with zero attached hydrogens (tertiary/aromatic N) is 3. The largest absolute Gasteiger partial charge is 0.406 e. The summed E-state index contributed by atoms with van der Waals surface area (Å²) < 4.78 is 40.3. The van der Waals surface area contributed by atoms with Gasteiger partial charge in [-0.25, -0.2) is 4.68 Å². The molecule has 0 saturated carbocycles. The quantitative estimate of drug-likeness (QED) is 0.547. The van der Waals surface area contributed by atoms with Crippen molar-refractivity contribution < 1.29 is 18.0 Å². The molecule has 0 bridgehead atoms. The van der Waals surface area contributed by atoms with Crippen LogP contribution in [0.15, 0.2) is 48.5 Å². The van der Waals surface area contributed by atoms with Gasteiger partial charge >= 0.3 is 6.18 Å². The van der Waals surface area contributed by atoms with Crippen molar-refractivity contribution in [3.8, 4) is 16.9 Å². The Kier molecular flexibility index (Phi) is 5.04. The van der Waals surface area contributed by atoms with Crippen LogP contribution >= 0.6 is 23.2 Å². The summed E-state index contributed by atoms with van der Waals surface area (Å²) >= 11 is 12.1. The lowest BCUT2D eigenvalue weighted by Crippen LogP contribution is -2.43. The maximum atomic E-state index is 13.0. The Hall–Kier alpha value is -2.51. The number of alkyl halides is 3. The van der Waals surface area contributed by atoms with Crippen LogP contribution in [0.2, 0.25) is 10.0 Å². The first kappa shape index (κ1) is 19.8. The van der Waals surface area contributed by atoms with E-state index in [1.54, 1.807) is 53.2 Å². The molecule has 1 aliphatic rings. The van der Waals surface area contributed by atoms with E-state index >= 15 is 0 Å². The summed E-state index contributed by atoms with van der Waals surface area (Å²) in [6.07, 6.45) is -4.25. The highest BCUT2D eigenvalue weighted by Crippen LogP contribution is 2.34. The third-order valence-electron chi connectivity index (χ3n) is 4.62. The van der Waals surface area contributed by atoms with E-state index in [0.29, 0.717) is 32.7 Å². The number of benzene rings is 2. The van der Waals surface area contributed by atoms with Crippen LogP contribution in [0.1, 0.15) is 16.1 Å². The maximum Gasteiger partial charge on any atom is 0.406 e. The second-order valence-corrected chi connectivity index (χ2v) is 7.53. The lowest BCUT2D eigenvalue weighted by molar-refractivity contribution is -0.141. The monoisotopic (exact) mass is 439 g/mol. The van der Waals surface area contributed by atoms with Gasteiger partial charge < -0.3 is 4.90 Å². The number of halogens is 5. The van der Waals surface area contributed by atoms with E-state index in [9.17, 15) is 18.0 Å². The number of aromatic nitrogens is 2. The molecule has 2 heterocycles. The molecule has 4 nitrogen and oxygen atoms in total. The Morgan fingerprint density at radius 3 is 2.41 bits per heavy atom. The van der Waals surface area contributed by atoms with E-state index in [0.717, 1.165) is 4.90 Å². The molecular formula is C20H14Cl2F3N3O. The first-order valence-electron chi connectivity index (χ1n) is 8.73. The van der Waals surface area contributed by atoms with Crippen molar-refractivity contribution >= 4 is 29.1 Å². The Balaban J connectivity index is 1.90. The van der Waals surface area contributed by atoms with Crippen molar-refractivity contribution in [3.05, 3.63) is 69.8 Å². The van der Waals surface area contributed by atoms with Crippen molar-refractivity contribution in [3.63, 3.8) is 0 Å². The first-order valence-corrected chi connectivity index (χ1v) is 9.48. The van der Waals surface area contributed by atoms with Gasteiger partial charge in [-0.05, 0) is 30.3 Å². The first-order chi connectivity index (χ1) is 13.7. The standard InChI is InChI=1S/C20H14Cl2F3N3O/c21-13-6-4-12(5-7-13)18-17-16(8-9-27(19(17)29)11-20(23,24)25)26-28(18)15-3-1-2-14(22)10-15/h1-7,10H,8-9,11H2. The van der Waals surface area contributed by atoms with Gasteiger partial charge in [0.2, 0.25) is 0 Å². The lowest BCUT2D eigenvalue weighted by Gasteiger charge is -2.27. The van der Waals surface area contributed by atoms with Gasteiger partial charge in [0, 0.05) is 28.6 Å². The summed E-state index contributed by atoms with van der Waals surface area (Å²) in [4.78, 5) is 13.8. The van der Waals surface area contributed by atoms with E-state index < -0.39 is 18.6 Å². The molecule has 1 amide bonds. The van der Waals surface area contributed by atoms with Crippen LogP contribution in [0.5, 0.6) is 0 Å². The summed E-state index contributed by atoms with van der Waals surface area (Å²) in [5.41, 5.74) is 2.26. The molecule has 0 saturated heterocycles. The van der Waals surface area contributed by atoms with Crippen LogP contribution in [0.4, 0.5) is 13.2 Å². The van der Waals surface area contributed by atoms with Crippen LogP contribution in [0, 0.1) is 0 Å². The zero-order valence-corrected chi connectivity index (χ0v) is 16.4. The molecule has 0 unspecified atom stereocenters. The fourth-order valence-corrected chi connectivity index (χ4v) is 3.71. The Labute approximate surface area is 174 Å². The van der Waals surface area contributed by atoms with Crippen LogP contribution in [-0.2, 0) is 6.42 Å². The fourth-order valence-electron chi connectivity index (χ4n) is 3.40. The summed E-state index contributed by atoms with van der Waals surface area (Å²) in [6.45, 7) is -1.34. The molecule has 0 fully saturated rings. The number of hydrogen-bond donors (Lipinski definition) is 0. The van der Waals surface area contributed by atoms with Crippen molar-refractivity contribution in [1.82, 2.24) is 14.7 Å². The molecule has 0 aliphatic carbocycles. The average molecular weight is 440 g/mol. The number of carbonyl (C=O) groups is 1. The summed E-state index contributed by atoms with van der Waals surface area (Å²) in [7, 11) is 0. The molecule has 0 atom stereocenters. The molecule has 3 aromatic rings. The average Bonchev–Trinajstić information content (AvgIpc) is 3.04. The number of amides is 1. The van der Waals surface area contributed by atoms with Crippen molar-refractivity contribution in [2.24, 2.45) is 0 Å². The lowest BCUT2D eigenvalue weighted by atomic mass is 10.00. The van der Waals surface area contributed by atoms with E-state index in [4.69, 9.17) is 23.2 Å². The minimum absolute atomic E-state index is 0.0437. The molecule has 4 rings (SSSR count). The highest BCUT2D eigenvalue weighted by molar-refractivity contribution is 6.31. The second-order valence-electron chi connectivity index (χ2n) is 6.66. The van der Waals surface area contributed by atoms with Gasteiger partial charge in [-0.2, -0.15) is 18.3 Å². The topological polar surface area (TPSA) is 38.1 Å². The number of fused-ring (bicyclic) bond motifs is 1. The molecule has 0 spiro atoms. The minimum Gasteiger partial charge on any atom is -0.329 e. The molecule has 29 heavy (non-hydrogen) atoms. The van der Waals surface area contributed by atoms with E-state index in [-0.39, 0.29) is 18.5 Å². The summed E-state index contributed by atoms with van der Waals surface area (Å²) in [5.74, 6) is -0.693. The molecule has 0 N–H and O–H groups in total. The predicted molar refractivity (Wildman–Crippen MR) is 105 cm³/mol. The Bertz CT molecular complexity index is 1080. The van der Waals surface area contributed by atoms with Gasteiger partial charge in [-0.1, -0.05) is 41.4 Å². The zero-order chi connectivity index (χ0) is 20.8. The molecule has 0 radical (unpaired) electrons. The van der Waals surface area contributed by atoms with E-state index in [2.05, 4.69) is 5.10 Å². The predicted octanol–water partition coefficient (Wildman–Crippen LogP) is 5.41. The normalized spacial score (nSPS) is 14.2. The third kappa shape index (κ3) is 3.97. The van der Waals surface area contributed by atoms with Crippen LogP contribution < -0.4 is 0 Å². The van der Waals surface area contributed by atoms with E-state index in [1.165, 1.54) is 0 Å². The van der Waals surface area contributed by atoms with Crippen LogP contribution in [0.3, 0.4) is 0 Å². The van der Waals surface area contributed by atoms with Gasteiger partial charge in [0.05, 0.1) is 22.6 Å². The summed E-state index contributed by atoms with van der Waals surface area (Å²) in [5, 5.41) is 5.51. The van der Waals surface area contributed by atoms with Crippen molar-refractivity contribution in [2.75, 3.05) is 13.1 Å². The molecule has 2 aromatic carbocycles. The third-order valence-corrected chi connectivity index (χ3v) is 5.11. The molecule has 1 aromatic heterocycles. The van der Waals surface area contributed by atoms with Gasteiger partial charge in [-0.3, -0.25) is 4.79 Å². The maximum absolute atomic E-state index is 13.0. The Morgan fingerprint density at radius 2 is 1.76 bits per heavy atom. The molecule has 1 aliphatic heterocycles. The number of rotatable bonds is 3. The Morgan fingerprint density at radius 1 is 1.03 bits per heavy atom. The van der Waals surface area contributed by atoms with Crippen molar-refractivity contribution in [2.45, 2.75) is 12.6 Å². The van der Waals surface area contributed by atoms with Gasteiger partial charge in [-0.15, -0.1) is 0 Å². The number of hydrogen-bond acceptors (Lipinski definition) is 2. The van der Waals surface area contributed by atoms with Gasteiger partial charge in [0.25, 0.3) is 5.91 Å². The van der Waals surface area contributed by atoms with E-state index in [1.807, 2.05) is 0 Å². The molecule has 9 heteroatoms. The molecule has 150 valence electrons.